The fourth-order valence-corrected chi connectivity index (χ4v) is 2.48. The SMILES string of the molecule is CCN1CCCC(CN(C)C(=O)N(C)CC)C1. The van der Waals surface area contributed by atoms with Crippen LogP contribution in [0.3, 0.4) is 0 Å². The van der Waals surface area contributed by atoms with Gasteiger partial charge in [0.15, 0.2) is 0 Å². The summed E-state index contributed by atoms with van der Waals surface area (Å²) in [7, 11) is 3.78. The maximum atomic E-state index is 11.9. The zero-order valence-corrected chi connectivity index (χ0v) is 11.8. The van der Waals surface area contributed by atoms with Crippen LogP contribution in [-0.2, 0) is 0 Å². The molecule has 0 spiro atoms. The summed E-state index contributed by atoms with van der Waals surface area (Å²) in [4.78, 5) is 18.1. The lowest BCUT2D eigenvalue weighted by molar-refractivity contribution is 0.136. The fourth-order valence-electron chi connectivity index (χ4n) is 2.48. The summed E-state index contributed by atoms with van der Waals surface area (Å²) in [6.07, 6.45) is 2.52. The summed E-state index contributed by atoms with van der Waals surface area (Å²) in [5.41, 5.74) is 0. The Balaban J connectivity index is 2.39. The molecule has 1 atom stereocenters. The van der Waals surface area contributed by atoms with E-state index in [-0.39, 0.29) is 6.03 Å². The number of carbonyl (C=O) groups excluding carboxylic acids is 1. The summed E-state index contributed by atoms with van der Waals surface area (Å²) >= 11 is 0. The van der Waals surface area contributed by atoms with Gasteiger partial charge in [0, 0.05) is 33.7 Å². The standard InChI is InChI=1S/C13H27N3O/c1-5-14(3)13(17)15(4)10-12-8-7-9-16(6-2)11-12/h12H,5-11H2,1-4H3. The van der Waals surface area contributed by atoms with Crippen LogP contribution in [0.15, 0.2) is 0 Å². The Morgan fingerprint density at radius 1 is 1.29 bits per heavy atom. The minimum Gasteiger partial charge on any atom is -0.328 e. The maximum absolute atomic E-state index is 11.9. The van der Waals surface area contributed by atoms with Gasteiger partial charge in [-0.3, -0.25) is 0 Å². The molecule has 0 aliphatic carbocycles. The summed E-state index contributed by atoms with van der Waals surface area (Å²) in [5, 5.41) is 0. The van der Waals surface area contributed by atoms with E-state index in [1.807, 2.05) is 25.9 Å². The Labute approximate surface area is 106 Å². The van der Waals surface area contributed by atoms with Crippen molar-refractivity contribution >= 4 is 6.03 Å². The van der Waals surface area contributed by atoms with Crippen molar-refractivity contribution in [2.24, 2.45) is 5.92 Å². The van der Waals surface area contributed by atoms with Gasteiger partial charge in [-0.25, -0.2) is 4.79 Å². The van der Waals surface area contributed by atoms with Gasteiger partial charge in [0.1, 0.15) is 0 Å². The zero-order valence-electron chi connectivity index (χ0n) is 11.8. The van der Waals surface area contributed by atoms with Crippen LogP contribution in [0.25, 0.3) is 0 Å². The molecular formula is C13H27N3O. The van der Waals surface area contributed by atoms with Crippen LogP contribution >= 0.6 is 0 Å². The molecule has 0 radical (unpaired) electrons. The molecule has 1 aliphatic heterocycles. The van der Waals surface area contributed by atoms with E-state index in [2.05, 4.69) is 11.8 Å². The second kappa shape index (κ2) is 6.84. The number of nitrogens with zero attached hydrogens (tertiary/aromatic N) is 3. The van der Waals surface area contributed by atoms with E-state index in [0.29, 0.717) is 5.92 Å². The number of likely N-dealkylation sites (tertiary alicyclic amines) is 1. The van der Waals surface area contributed by atoms with E-state index in [4.69, 9.17) is 0 Å². The second-order valence-corrected chi connectivity index (χ2v) is 5.08. The van der Waals surface area contributed by atoms with Gasteiger partial charge in [0.2, 0.25) is 0 Å². The van der Waals surface area contributed by atoms with Crippen molar-refractivity contribution in [3.63, 3.8) is 0 Å². The van der Waals surface area contributed by atoms with Crippen LogP contribution in [0, 0.1) is 5.92 Å². The highest BCUT2D eigenvalue weighted by atomic mass is 16.2. The molecule has 1 fully saturated rings. The molecule has 1 saturated heterocycles. The molecule has 0 aromatic rings. The molecule has 0 saturated carbocycles. The summed E-state index contributed by atoms with van der Waals surface area (Å²) in [5.74, 6) is 0.642. The Morgan fingerprint density at radius 2 is 2.00 bits per heavy atom. The highest BCUT2D eigenvalue weighted by Gasteiger charge is 2.22. The summed E-state index contributed by atoms with van der Waals surface area (Å²) in [6.45, 7) is 9.37. The first-order chi connectivity index (χ1) is 8.08. The zero-order chi connectivity index (χ0) is 12.8. The van der Waals surface area contributed by atoms with Gasteiger partial charge >= 0.3 is 6.03 Å². The molecule has 4 nitrogen and oxygen atoms in total. The summed E-state index contributed by atoms with van der Waals surface area (Å²) < 4.78 is 0. The van der Waals surface area contributed by atoms with Crippen molar-refractivity contribution in [3.8, 4) is 0 Å². The lowest BCUT2D eigenvalue weighted by atomic mass is 9.97. The van der Waals surface area contributed by atoms with Gasteiger partial charge in [-0.15, -0.1) is 0 Å². The second-order valence-electron chi connectivity index (χ2n) is 5.08. The minimum absolute atomic E-state index is 0.140. The van der Waals surface area contributed by atoms with Crippen molar-refractivity contribution in [3.05, 3.63) is 0 Å². The smallest absolute Gasteiger partial charge is 0.319 e. The van der Waals surface area contributed by atoms with E-state index in [1.165, 1.54) is 19.4 Å². The van der Waals surface area contributed by atoms with E-state index in [1.54, 1.807) is 4.90 Å². The Bertz CT molecular complexity index is 245. The minimum atomic E-state index is 0.140. The average molecular weight is 241 g/mol. The molecular weight excluding hydrogens is 214 g/mol. The topological polar surface area (TPSA) is 26.8 Å². The van der Waals surface area contributed by atoms with E-state index >= 15 is 0 Å². The Morgan fingerprint density at radius 3 is 2.59 bits per heavy atom. The third kappa shape index (κ3) is 4.19. The number of urea groups is 1. The van der Waals surface area contributed by atoms with Gasteiger partial charge in [0.05, 0.1) is 0 Å². The number of hydrogen-bond acceptors (Lipinski definition) is 2. The van der Waals surface area contributed by atoms with Crippen LogP contribution in [0.4, 0.5) is 4.79 Å². The lowest BCUT2D eigenvalue weighted by Crippen LogP contribution is -2.44. The van der Waals surface area contributed by atoms with Crippen molar-refractivity contribution in [2.75, 3.05) is 46.8 Å². The first kappa shape index (κ1) is 14.3. The maximum Gasteiger partial charge on any atom is 0.319 e. The quantitative estimate of drug-likeness (QED) is 0.749. The van der Waals surface area contributed by atoms with Crippen molar-refractivity contribution < 1.29 is 4.79 Å². The molecule has 1 unspecified atom stereocenters. The van der Waals surface area contributed by atoms with Gasteiger partial charge < -0.3 is 14.7 Å². The van der Waals surface area contributed by atoms with Crippen LogP contribution in [0.1, 0.15) is 26.7 Å². The van der Waals surface area contributed by atoms with E-state index in [9.17, 15) is 4.79 Å². The molecule has 1 rings (SSSR count). The molecule has 100 valence electrons. The molecule has 4 heteroatoms. The number of carbonyl (C=O) groups is 1. The molecule has 2 amide bonds. The van der Waals surface area contributed by atoms with Crippen LogP contribution in [0.2, 0.25) is 0 Å². The highest BCUT2D eigenvalue weighted by Crippen LogP contribution is 2.17. The Kier molecular flexibility index (Phi) is 5.75. The van der Waals surface area contributed by atoms with Gasteiger partial charge in [0.25, 0.3) is 0 Å². The molecule has 0 bridgehead atoms. The predicted molar refractivity (Wildman–Crippen MR) is 71.2 cm³/mol. The van der Waals surface area contributed by atoms with Gasteiger partial charge in [-0.05, 0) is 38.8 Å². The van der Waals surface area contributed by atoms with Crippen molar-refractivity contribution in [2.45, 2.75) is 26.7 Å². The van der Waals surface area contributed by atoms with Crippen molar-refractivity contribution in [1.29, 1.82) is 0 Å². The third-order valence-corrected chi connectivity index (χ3v) is 3.71. The largest absolute Gasteiger partial charge is 0.328 e. The van der Waals surface area contributed by atoms with E-state index < -0.39 is 0 Å². The highest BCUT2D eigenvalue weighted by molar-refractivity contribution is 5.73. The summed E-state index contributed by atoms with van der Waals surface area (Å²) in [6, 6.07) is 0.140. The first-order valence-corrected chi connectivity index (χ1v) is 6.77. The number of piperidine rings is 1. The molecule has 0 aromatic heterocycles. The average Bonchev–Trinajstić information content (AvgIpc) is 2.37. The fraction of sp³-hybridized carbons (Fsp3) is 0.923. The number of amides is 2. The van der Waals surface area contributed by atoms with Crippen LogP contribution in [0.5, 0.6) is 0 Å². The lowest BCUT2D eigenvalue weighted by Gasteiger charge is -2.34. The van der Waals surface area contributed by atoms with Crippen LogP contribution in [-0.4, -0.2) is 67.5 Å². The van der Waals surface area contributed by atoms with Gasteiger partial charge in [-0.2, -0.15) is 0 Å². The number of hydrogen-bond donors (Lipinski definition) is 0. The monoisotopic (exact) mass is 241 g/mol. The third-order valence-electron chi connectivity index (χ3n) is 3.71. The predicted octanol–water partition coefficient (Wildman–Crippen LogP) is 1.72. The normalized spacial score (nSPS) is 21.3. The molecule has 0 aromatic carbocycles. The molecule has 1 heterocycles. The molecule has 0 N–H and O–H groups in total. The van der Waals surface area contributed by atoms with Crippen LogP contribution < -0.4 is 0 Å². The molecule has 17 heavy (non-hydrogen) atoms. The Hall–Kier alpha value is -0.770. The molecule has 1 aliphatic rings. The van der Waals surface area contributed by atoms with E-state index in [0.717, 1.165) is 26.2 Å². The van der Waals surface area contributed by atoms with Gasteiger partial charge in [-0.1, -0.05) is 6.92 Å². The number of rotatable bonds is 4. The first-order valence-electron chi connectivity index (χ1n) is 6.77. The van der Waals surface area contributed by atoms with Crippen molar-refractivity contribution in [1.82, 2.24) is 14.7 Å².